The van der Waals surface area contributed by atoms with E-state index in [9.17, 15) is 0 Å². The average molecular weight is 360 g/mol. The lowest BCUT2D eigenvalue weighted by atomic mass is 10.2. The van der Waals surface area contributed by atoms with Gasteiger partial charge in [-0.3, -0.25) is 4.90 Å². The summed E-state index contributed by atoms with van der Waals surface area (Å²) in [6.07, 6.45) is 8.12. The van der Waals surface area contributed by atoms with Gasteiger partial charge in [-0.1, -0.05) is 42.5 Å². The van der Waals surface area contributed by atoms with Gasteiger partial charge in [-0.05, 0) is 17.7 Å². The number of anilines is 1. The van der Waals surface area contributed by atoms with Crippen LogP contribution in [0.2, 0.25) is 0 Å². The number of imidazole rings is 1. The fraction of sp³-hybridized carbons (Fsp3) is 0.286. The van der Waals surface area contributed by atoms with Crippen molar-refractivity contribution >= 4 is 11.9 Å². The summed E-state index contributed by atoms with van der Waals surface area (Å²) in [5.74, 6) is 1.77. The van der Waals surface area contributed by atoms with Crippen LogP contribution in [0.25, 0.3) is 17.6 Å². The lowest BCUT2D eigenvalue weighted by Gasteiger charge is -2.34. The fourth-order valence-electron chi connectivity index (χ4n) is 3.29. The van der Waals surface area contributed by atoms with Crippen LogP contribution in [-0.2, 0) is 7.05 Å². The van der Waals surface area contributed by atoms with Crippen molar-refractivity contribution in [2.75, 3.05) is 37.6 Å². The molecule has 0 bridgehead atoms. The first-order valence-corrected chi connectivity index (χ1v) is 9.30. The predicted octanol–water partition coefficient (Wildman–Crippen LogP) is 2.71. The van der Waals surface area contributed by atoms with Crippen molar-refractivity contribution in [1.29, 1.82) is 0 Å². The summed E-state index contributed by atoms with van der Waals surface area (Å²) in [5, 5.41) is 8.78. The van der Waals surface area contributed by atoms with E-state index in [1.807, 2.05) is 36.0 Å². The summed E-state index contributed by atoms with van der Waals surface area (Å²) >= 11 is 0. The summed E-state index contributed by atoms with van der Waals surface area (Å²) in [6.45, 7) is 4.97. The van der Waals surface area contributed by atoms with Gasteiger partial charge in [0, 0.05) is 52.2 Å². The molecule has 6 heteroatoms. The second-order valence-electron chi connectivity index (χ2n) is 6.74. The minimum atomic E-state index is 0.802. The van der Waals surface area contributed by atoms with Crippen LogP contribution in [0.4, 0.5) is 5.82 Å². The molecule has 0 unspecified atom stereocenters. The third kappa shape index (κ3) is 4.23. The number of aromatic nitrogens is 4. The van der Waals surface area contributed by atoms with Gasteiger partial charge in [0.05, 0.1) is 0 Å². The quantitative estimate of drug-likeness (QED) is 0.700. The Balaban J connectivity index is 1.30. The molecule has 0 radical (unpaired) electrons. The summed E-state index contributed by atoms with van der Waals surface area (Å²) in [4.78, 5) is 9.08. The molecule has 0 amide bonds. The third-order valence-corrected chi connectivity index (χ3v) is 4.87. The van der Waals surface area contributed by atoms with Crippen molar-refractivity contribution in [1.82, 2.24) is 24.6 Å². The Hall–Kier alpha value is -2.99. The molecule has 0 N–H and O–H groups in total. The second-order valence-corrected chi connectivity index (χ2v) is 6.74. The monoisotopic (exact) mass is 360 g/mol. The average Bonchev–Trinajstić information content (AvgIpc) is 3.15. The summed E-state index contributed by atoms with van der Waals surface area (Å²) in [6, 6.07) is 14.5. The van der Waals surface area contributed by atoms with Gasteiger partial charge in [0.25, 0.3) is 0 Å². The number of benzene rings is 1. The van der Waals surface area contributed by atoms with E-state index in [0.29, 0.717) is 0 Å². The van der Waals surface area contributed by atoms with Gasteiger partial charge in [0.1, 0.15) is 5.69 Å². The van der Waals surface area contributed by atoms with E-state index in [2.05, 4.69) is 61.4 Å². The highest BCUT2D eigenvalue weighted by Crippen LogP contribution is 2.17. The molecular formula is C21H24N6. The van der Waals surface area contributed by atoms with Gasteiger partial charge < -0.3 is 9.47 Å². The molecule has 0 atom stereocenters. The maximum absolute atomic E-state index is 4.42. The number of piperazine rings is 1. The molecule has 1 saturated heterocycles. The van der Waals surface area contributed by atoms with Gasteiger partial charge in [-0.2, -0.15) is 0 Å². The van der Waals surface area contributed by atoms with Crippen LogP contribution < -0.4 is 4.90 Å². The minimum absolute atomic E-state index is 0.802. The standard InChI is InChI=1S/C21H24N6/c1-25-13-11-22-21(25)19-9-10-20(24-23-19)27-16-14-26(15-17-27)12-5-8-18-6-3-2-4-7-18/h2-11,13H,12,14-17H2,1H3. The maximum atomic E-state index is 4.42. The van der Waals surface area contributed by atoms with Crippen molar-refractivity contribution in [3.05, 3.63) is 66.5 Å². The van der Waals surface area contributed by atoms with Crippen LogP contribution >= 0.6 is 0 Å². The van der Waals surface area contributed by atoms with E-state index in [-0.39, 0.29) is 0 Å². The van der Waals surface area contributed by atoms with Gasteiger partial charge >= 0.3 is 0 Å². The Bertz CT molecular complexity index is 877. The highest BCUT2D eigenvalue weighted by atomic mass is 15.3. The zero-order valence-electron chi connectivity index (χ0n) is 15.6. The van der Waals surface area contributed by atoms with Gasteiger partial charge in [-0.25, -0.2) is 4.98 Å². The van der Waals surface area contributed by atoms with Gasteiger partial charge in [0.15, 0.2) is 11.6 Å². The molecule has 6 nitrogen and oxygen atoms in total. The molecule has 1 fully saturated rings. The number of hydrogen-bond acceptors (Lipinski definition) is 5. The van der Waals surface area contributed by atoms with Crippen LogP contribution in [0.3, 0.4) is 0 Å². The van der Waals surface area contributed by atoms with E-state index in [4.69, 9.17) is 0 Å². The Kier molecular flexibility index (Phi) is 5.25. The van der Waals surface area contributed by atoms with Crippen molar-refractivity contribution < 1.29 is 0 Å². The highest BCUT2D eigenvalue weighted by Gasteiger charge is 2.18. The first kappa shape index (κ1) is 17.4. The molecule has 0 aliphatic carbocycles. The number of aryl methyl sites for hydroxylation is 1. The molecule has 1 aliphatic heterocycles. The molecule has 1 aromatic carbocycles. The van der Waals surface area contributed by atoms with Crippen molar-refractivity contribution in [3.63, 3.8) is 0 Å². The minimum Gasteiger partial charge on any atom is -0.353 e. The van der Waals surface area contributed by atoms with Crippen molar-refractivity contribution in [2.24, 2.45) is 7.05 Å². The Morgan fingerprint density at radius 3 is 2.44 bits per heavy atom. The van der Waals surface area contributed by atoms with Crippen LogP contribution in [0.15, 0.2) is 60.9 Å². The molecule has 27 heavy (non-hydrogen) atoms. The first-order valence-electron chi connectivity index (χ1n) is 9.30. The zero-order chi connectivity index (χ0) is 18.5. The van der Waals surface area contributed by atoms with E-state index in [0.717, 1.165) is 50.1 Å². The van der Waals surface area contributed by atoms with E-state index < -0.39 is 0 Å². The summed E-state index contributed by atoms with van der Waals surface area (Å²) < 4.78 is 1.95. The maximum Gasteiger partial charge on any atom is 0.160 e. The Morgan fingerprint density at radius 1 is 0.963 bits per heavy atom. The van der Waals surface area contributed by atoms with Crippen LogP contribution in [0.1, 0.15) is 5.56 Å². The summed E-state index contributed by atoms with van der Waals surface area (Å²) in [5.41, 5.74) is 2.05. The lowest BCUT2D eigenvalue weighted by Crippen LogP contribution is -2.46. The molecule has 0 spiro atoms. The second kappa shape index (κ2) is 8.14. The molecule has 0 saturated carbocycles. The lowest BCUT2D eigenvalue weighted by molar-refractivity contribution is 0.283. The number of hydrogen-bond donors (Lipinski definition) is 0. The molecule has 4 rings (SSSR count). The number of nitrogens with zero attached hydrogens (tertiary/aromatic N) is 6. The molecule has 3 heterocycles. The van der Waals surface area contributed by atoms with Crippen molar-refractivity contribution in [3.8, 4) is 11.5 Å². The normalized spacial score (nSPS) is 15.5. The predicted molar refractivity (Wildman–Crippen MR) is 108 cm³/mol. The number of rotatable bonds is 5. The van der Waals surface area contributed by atoms with E-state index >= 15 is 0 Å². The first-order chi connectivity index (χ1) is 13.3. The molecular weight excluding hydrogens is 336 g/mol. The van der Waals surface area contributed by atoms with Crippen LogP contribution in [-0.4, -0.2) is 57.4 Å². The Labute approximate surface area is 159 Å². The largest absolute Gasteiger partial charge is 0.353 e. The van der Waals surface area contributed by atoms with Gasteiger partial charge in [-0.15, -0.1) is 10.2 Å². The highest BCUT2D eigenvalue weighted by molar-refractivity contribution is 5.52. The van der Waals surface area contributed by atoms with Crippen LogP contribution in [0, 0.1) is 0 Å². The molecule has 3 aromatic rings. The Morgan fingerprint density at radius 2 is 1.78 bits per heavy atom. The molecule has 138 valence electrons. The van der Waals surface area contributed by atoms with Crippen molar-refractivity contribution in [2.45, 2.75) is 0 Å². The smallest absolute Gasteiger partial charge is 0.160 e. The third-order valence-electron chi connectivity index (χ3n) is 4.87. The molecule has 1 aliphatic rings. The van der Waals surface area contributed by atoms with E-state index in [1.165, 1.54) is 5.56 Å². The topological polar surface area (TPSA) is 50.1 Å². The molecule has 2 aromatic heterocycles. The van der Waals surface area contributed by atoms with E-state index in [1.54, 1.807) is 6.20 Å². The van der Waals surface area contributed by atoms with Crippen LogP contribution in [0.5, 0.6) is 0 Å². The summed E-state index contributed by atoms with van der Waals surface area (Å²) in [7, 11) is 1.96. The zero-order valence-corrected chi connectivity index (χ0v) is 15.6. The van der Waals surface area contributed by atoms with Gasteiger partial charge in [0.2, 0.25) is 0 Å². The SMILES string of the molecule is Cn1ccnc1-c1ccc(N2CCN(CC=Cc3ccccc3)CC2)nn1. The fourth-order valence-corrected chi connectivity index (χ4v) is 3.29.